The maximum atomic E-state index is 14.2. The van der Waals surface area contributed by atoms with Gasteiger partial charge in [0.25, 0.3) is 0 Å². The minimum Gasteiger partial charge on any atom is -0.309 e. The SMILES string of the molecule is O=C(CCC(=O)N1CCCc2cccc(F)c21)N1CCC(c2ccccc2)=N1. The molecule has 0 spiro atoms. The molecule has 0 saturated carbocycles. The fourth-order valence-corrected chi connectivity index (χ4v) is 3.80. The molecule has 0 bridgehead atoms. The minimum absolute atomic E-state index is 0.0549. The second kappa shape index (κ2) is 7.92. The zero-order valence-corrected chi connectivity index (χ0v) is 15.6. The van der Waals surface area contributed by atoms with Gasteiger partial charge in [-0.25, -0.2) is 9.40 Å². The van der Waals surface area contributed by atoms with Gasteiger partial charge < -0.3 is 4.90 Å². The Balaban J connectivity index is 1.39. The molecule has 0 aromatic heterocycles. The van der Waals surface area contributed by atoms with E-state index in [2.05, 4.69) is 5.10 Å². The largest absolute Gasteiger partial charge is 0.309 e. The summed E-state index contributed by atoms with van der Waals surface area (Å²) in [7, 11) is 0. The molecular weight excluding hydrogens is 357 g/mol. The molecule has 28 heavy (non-hydrogen) atoms. The second-order valence-corrected chi connectivity index (χ2v) is 7.08. The number of hydrazone groups is 1. The van der Waals surface area contributed by atoms with E-state index in [1.807, 2.05) is 36.4 Å². The van der Waals surface area contributed by atoms with Crippen molar-refractivity contribution in [1.82, 2.24) is 5.01 Å². The van der Waals surface area contributed by atoms with Crippen LogP contribution >= 0.6 is 0 Å². The first kappa shape index (κ1) is 18.3. The van der Waals surface area contributed by atoms with Crippen LogP contribution in [0.1, 0.15) is 36.8 Å². The van der Waals surface area contributed by atoms with Gasteiger partial charge in [-0.1, -0.05) is 42.5 Å². The van der Waals surface area contributed by atoms with Gasteiger partial charge in [-0.3, -0.25) is 9.59 Å². The summed E-state index contributed by atoms with van der Waals surface area (Å²) in [4.78, 5) is 26.7. The summed E-state index contributed by atoms with van der Waals surface area (Å²) in [6, 6.07) is 14.7. The van der Waals surface area contributed by atoms with Gasteiger partial charge in [0.15, 0.2) is 0 Å². The predicted molar refractivity (Wildman–Crippen MR) is 106 cm³/mol. The third-order valence-electron chi connectivity index (χ3n) is 5.22. The molecule has 0 fully saturated rings. The second-order valence-electron chi connectivity index (χ2n) is 7.08. The molecule has 2 aliphatic rings. The number of aryl methyl sites for hydroxylation is 1. The number of nitrogens with zero attached hydrogens (tertiary/aromatic N) is 3. The number of halogens is 1. The molecule has 0 saturated heterocycles. The first-order valence-corrected chi connectivity index (χ1v) is 9.64. The molecule has 0 unspecified atom stereocenters. The topological polar surface area (TPSA) is 53.0 Å². The quantitative estimate of drug-likeness (QED) is 0.816. The fraction of sp³-hybridized carbons (Fsp3) is 0.318. The van der Waals surface area contributed by atoms with Gasteiger partial charge in [0, 0.05) is 25.8 Å². The molecule has 2 aromatic carbocycles. The van der Waals surface area contributed by atoms with Crippen molar-refractivity contribution in [1.29, 1.82) is 0 Å². The summed E-state index contributed by atoms with van der Waals surface area (Å²) >= 11 is 0. The van der Waals surface area contributed by atoms with Gasteiger partial charge >= 0.3 is 0 Å². The van der Waals surface area contributed by atoms with Crippen LogP contribution in [-0.2, 0) is 16.0 Å². The lowest BCUT2D eigenvalue weighted by Crippen LogP contribution is -2.37. The van der Waals surface area contributed by atoms with E-state index >= 15 is 0 Å². The van der Waals surface area contributed by atoms with E-state index in [4.69, 9.17) is 0 Å². The summed E-state index contributed by atoms with van der Waals surface area (Å²) in [6.07, 6.45) is 2.39. The third-order valence-corrected chi connectivity index (χ3v) is 5.22. The standard InChI is InChI=1S/C22H22FN3O2/c23-18-10-4-8-17-9-5-14-25(22(17)18)20(27)11-12-21(28)26-15-13-19(24-26)16-6-2-1-3-7-16/h1-4,6-8,10H,5,9,11-15H2. The van der Waals surface area contributed by atoms with Crippen LogP contribution in [0.4, 0.5) is 10.1 Å². The van der Waals surface area contributed by atoms with Gasteiger partial charge in [0.2, 0.25) is 11.8 Å². The summed E-state index contributed by atoms with van der Waals surface area (Å²) in [5.74, 6) is -0.774. The predicted octanol–water partition coefficient (Wildman–Crippen LogP) is 3.52. The molecule has 0 radical (unpaired) electrons. The average molecular weight is 379 g/mol. The molecule has 2 aromatic rings. The molecule has 144 valence electrons. The molecular formula is C22H22FN3O2. The summed E-state index contributed by atoms with van der Waals surface area (Å²) in [5.41, 5.74) is 3.11. The molecule has 4 rings (SSSR count). The molecule has 2 amide bonds. The van der Waals surface area contributed by atoms with Crippen molar-refractivity contribution in [2.24, 2.45) is 5.10 Å². The van der Waals surface area contributed by atoms with Gasteiger partial charge in [-0.15, -0.1) is 0 Å². The van der Waals surface area contributed by atoms with E-state index in [0.717, 1.165) is 29.7 Å². The lowest BCUT2D eigenvalue weighted by molar-refractivity contribution is -0.132. The van der Waals surface area contributed by atoms with E-state index in [1.54, 1.807) is 6.07 Å². The Hall–Kier alpha value is -3.02. The summed E-state index contributed by atoms with van der Waals surface area (Å²) in [5, 5.41) is 5.86. The minimum atomic E-state index is -0.381. The normalized spacial score (nSPS) is 16.0. The molecule has 6 heteroatoms. The highest BCUT2D eigenvalue weighted by Gasteiger charge is 2.27. The van der Waals surface area contributed by atoms with Crippen molar-refractivity contribution in [3.8, 4) is 0 Å². The summed E-state index contributed by atoms with van der Waals surface area (Å²) in [6.45, 7) is 1.01. The van der Waals surface area contributed by atoms with Crippen LogP contribution in [0.2, 0.25) is 0 Å². The van der Waals surface area contributed by atoms with Crippen LogP contribution in [0.3, 0.4) is 0 Å². The number of carbonyl (C=O) groups excluding carboxylic acids is 2. The molecule has 0 N–H and O–H groups in total. The Bertz CT molecular complexity index is 927. The number of anilines is 1. The maximum absolute atomic E-state index is 14.2. The lowest BCUT2D eigenvalue weighted by Gasteiger charge is -2.30. The van der Waals surface area contributed by atoms with Crippen molar-refractivity contribution >= 4 is 23.2 Å². The van der Waals surface area contributed by atoms with Crippen molar-refractivity contribution < 1.29 is 14.0 Å². The van der Waals surface area contributed by atoms with Gasteiger partial charge in [-0.2, -0.15) is 5.10 Å². The van der Waals surface area contributed by atoms with Crippen LogP contribution in [0, 0.1) is 5.82 Å². The Kier molecular flexibility index (Phi) is 5.19. The maximum Gasteiger partial charge on any atom is 0.243 e. The van der Waals surface area contributed by atoms with E-state index in [1.165, 1.54) is 16.0 Å². The molecule has 5 nitrogen and oxygen atoms in total. The lowest BCUT2D eigenvalue weighted by atomic mass is 10.0. The molecule has 2 aliphatic heterocycles. The average Bonchev–Trinajstić information content (AvgIpc) is 3.23. The van der Waals surface area contributed by atoms with Crippen LogP contribution in [0.5, 0.6) is 0 Å². The van der Waals surface area contributed by atoms with Crippen molar-refractivity contribution in [3.63, 3.8) is 0 Å². The molecule has 2 heterocycles. The van der Waals surface area contributed by atoms with E-state index in [0.29, 0.717) is 25.2 Å². The number of rotatable bonds is 4. The van der Waals surface area contributed by atoms with Gasteiger partial charge in [-0.05, 0) is 30.0 Å². The zero-order valence-electron chi connectivity index (χ0n) is 15.6. The smallest absolute Gasteiger partial charge is 0.243 e. The van der Waals surface area contributed by atoms with Gasteiger partial charge in [0.1, 0.15) is 5.82 Å². The Morgan fingerprint density at radius 2 is 1.71 bits per heavy atom. The van der Waals surface area contributed by atoms with E-state index in [-0.39, 0.29) is 30.5 Å². The number of hydrogen-bond donors (Lipinski definition) is 0. The first-order chi connectivity index (χ1) is 13.6. The van der Waals surface area contributed by atoms with Crippen LogP contribution in [0.15, 0.2) is 53.6 Å². The third kappa shape index (κ3) is 3.67. The van der Waals surface area contributed by atoms with Crippen LogP contribution in [0.25, 0.3) is 0 Å². The monoisotopic (exact) mass is 379 g/mol. The van der Waals surface area contributed by atoms with Crippen LogP contribution in [-0.4, -0.2) is 35.6 Å². The Labute approximate surface area is 163 Å². The van der Waals surface area contributed by atoms with Gasteiger partial charge in [0.05, 0.1) is 17.9 Å². The van der Waals surface area contributed by atoms with Crippen molar-refractivity contribution in [2.75, 3.05) is 18.0 Å². The number of hydrogen-bond acceptors (Lipinski definition) is 3. The number of carbonyl (C=O) groups is 2. The van der Waals surface area contributed by atoms with Crippen molar-refractivity contribution in [2.45, 2.75) is 32.1 Å². The molecule has 0 aliphatic carbocycles. The van der Waals surface area contributed by atoms with E-state index in [9.17, 15) is 14.0 Å². The number of amides is 2. The fourth-order valence-electron chi connectivity index (χ4n) is 3.80. The number of para-hydroxylation sites is 1. The van der Waals surface area contributed by atoms with Crippen LogP contribution < -0.4 is 4.90 Å². The highest BCUT2D eigenvalue weighted by atomic mass is 19.1. The zero-order chi connectivity index (χ0) is 19.5. The Morgan fingerprint density at radius 1 is 0.929 bits per heavy atom. The highest BCUT2D eigenvalue weighted by Crippen LogP contribution is 2.30. The van der Waals surface area contributed by atoms with Crippen molar-refractivity contribution in [3.05, 3.63) is 65.5 Å². The summed E-state index contributed by atoms with van der Waals surface area (Å²) < 4.78 is 14.2. The number of fused-ring (bicyclic) bond motifs is 1. The first-order valence-electron chi connectivity index (χ1n) is 9.64. The Morgan fingerprint density at radius 3 is 2.54 bits per heavy atom. The number of benzene rings is 2. The molecule has 0 atom stereocenters. The highest BCUT2D eigenvalue weighted by molar-refractivity contribution is 6.03. The van der Waals surface area contributed by atoms with E-state index < -0.39 is 0 Å².